The second kappa shape index (κ2) is 5.17. The Morgan fingerprint density at radius 3 is 2.86 bits per heavy atom. The minimum Gasteiger partial charge on any atom is -0.379 e. The van der Waals surface area contributed by atoms with Gasteiger partial charge < -0.3 is 10.6 Å². The third-order valence-electron chi connectivity index (χ3n) is 4.02. The van der Waals surface area contributed by atoms with Crippen LogP contribution >= 0.6 is 23.1 Å². The lowest BCUT2D eigenvalue weighted by molar-refractivity contribution is 0.493. The number of hydrogen-bond acceptors (Lipinski definition) is 8. The van der Waals surface area contributed by atoms with Crippen LogP contribution in [0.1, 0.15) is 4.88 Å². The van der Waals surface area contributed by atoms with Crippen molar-refractivity contribution in [3.05, 3.63) is 34.8 Å². The molecule has 0 bridgehead atoms. The monoisotopic (exact) mass is 336 g/mol. The van der Waals surface area contributed by atoms with Crippen LogP contribution in [0.4, 0.5) is 10.3 Å². The molecule has 0 spiro atoms. The lowest BCUT2D eigenvalue weighted by atomic mass is 9.93. The van der Waals surface area contributed by atoms with Gasteiger partial charge in [0.15, 0.2) is 11.0 Å². The molecule has 2 aliphatic rings. The third-order valence-corrected chi connectivity index (χ3v) is 6.48. The minimum absolute atomic E-state index is 0.176. The van der Waals surface area contributed by atoms with E-state index in [0.29, 0.717) is 30.1 Å². The zero-order chi connectivity index (χ0) is 15.2. The van der Waals surface area contributed by atoms with Crippen molar-refractivity contribution in [2.45, 2.75) is 4.75 Å². The molecule has 2 N–H and O–H groups in total. The predicted molar refractivity (Wildman–Crippen MR) is 85.6 cm³/mol. The van der Waals surface area contributed by atoms with E-state index < -0.39 is 5.82 Å². The predicted octanol–water partition coefficient (Wildman–Crippen LogP) is 1.47. The van der Waals surface area contributed by atoms with E-state index in [-0.39, 0.29) is 4.75 Å². The molecule has 2 aromatic rings. The molecule has 9 heteroatoms. The molecule has 0 radical (unpaired) electrons. The third kappa shape index (κ3) is 2.15. The van der Waals surface area contributed by atoms with Gasteiger partial charge in [-0.2, -0.15) is 0 Å². The van der Waals surface area contributed by atoms with Crippen molar-refractivity contribution >= 4 is 34.2 Å². The van der Waals surface area contributed by atoms with Crippen LogP contribution in [0, 0.1) is 11.7 Å². The number of hydrogen-bond donors (Lipinski definition) is 1. The summed E-state index contributed by atoms with van der Waals surface area (Å²) in [5.41, 5.74) is 7.82. The maximum atomic E-state index is 13.0. The first kappa shape index (κ1) is 13.9. The molecule has 4 rings (SSSR count). The van der Waals surface area contributed by atoms with Gasteiger partial charge in [-0.1, -0.05) is 11.8 Å². The molecule has 22 heavy (non-hydrogen) atoms. The molecule has 0 amide bonds. The number of amidine groups is 1. The number of thiazole rings is 1. The molecule has 2 atom stereocenters. The van der Waals surface area contributed by atoms with Crippen LogP contribution in [0.15, 0.2) is 29.1 Å². The van der Waals surface area contributed by atoms with Crippen molar-refractivity contribution in [3.63, 3.8) is 0 Å². The lowest BCUT2D eigenvalue weighted by Crippen LogP contribution is -2.38. The molecule has 0 saturated carbocycles. The zero-order valence-electron chi connectivity index (χ0n) is 11.5. The average molecular weight is 336 g/mol. The quantitative estimate of drug-likeness (QED) is 0.894. The zero-order valence-corrected chi connectivity index (χ0v) is 13.1. The summed E-state index contributed by atoms with van der Waals surface area (Å²) in [5, 5.41) is 0.603. The fraction of sp³-hybridized carbons (Fsp3) is 0.385. The summed E-state index contributed by atoms with van der Waals surface area (Å²) in [6, 6.07) is 0. The number of nitrogens with zero attached hydrogens (tertiary/aromatic N) is 5. The van der Waals surface area contributed by atoms with Crippen LogP contribution < -0.4 is 10.6 Å². The van der Waals surface area contributed by atoms with Gasteiger partial charge in [0, 0.05) is 36.6 Å². The van der Waals surface area contributed by atoms with Gasteiger partial charge in [-0.15, -0.1) is 11.3 Å². The Bertz CT molecular complexity index is 704. The summed E-state index contributed by atoms with van der Waals surface area (Å²) >= 11 is 3.22. The summed E-state index contributed by atoms with van der Waals surface area (Å²) in [6.07, 6.45) is 4.29. The highest BCUT2D eigenvalue weighted by molar-refractivity contribution is 8.14. The fourth-order valence-electron chi connectivity index (χ4n) is 3.01. The van der Waals surface area contributed by atoms with E-state index in [1.165, 1.54) is 17.3 Å². The molecule has 1 saturated heterocycles. The summed E-state index contributed by atoms with van der Waals surface area (Å²) in [7, 11) is 0. The average Bonchev–Trinajstić information content (AvgIpc) is 3.15. The molecule has 0 aliphatic carbocycles. The molecule has 2 aliphatic heterocycles. The van der Waals surface area contributed by atoms with E-state index >= 15 is 0 Å². The summed E-state index contributed by atoms with van der Waals surface area (Å²) in [6.45, 7) is 2.16. The second-order valence-corrected chi connectivity index (χ2v) is 7.55. The fourth-order valence-corrected chi connectivity index (χ4v) is 5.26. The number of thioether (sulfide) groups is 1. The van der Waals surface area contributed by atoms with E-state index in [9.17, 15) is 4.39 Å². The van der Waals surface area contributed by atoms with E-state index in [0.717, 1.165) is 6.54 Å². The molecule has 0 aromatic carbocycles. The van der Waals surface area contributed by atoms with Crippen LogP contribution in [0.2, 0.25) is 0 Å². The smallest absolute Gasteiger partial charge is 0.225 e. The maximum Gasteiger partial charge on any atom is 0.225 e. The van der Waals surface area contributed by atoms with Crippen molar-refractivity contribution in [2.75, 3.05) is 24.5 Å². The van der Waals surface area contributed by atoms with Crippen LogP contribution in [-0.4, -0.2) is 39.8 Å². The molecule has 6 nitrogen and oxygen atoms in total. The van der Waals surface area contributed by atoms with Gasteiger partial charge in [0.25, 0.3) is 0 Å². The first-order valence-corrected chi connectivity index (χ1v) is 8.47. The normalized spacial score (nSPS) is 27.6. The Hall–Kier alpha value is -1.74. The number of halogens is 1. The minimum atomic E-state index is -0.431. The highest BCUT2D eigenvalue weighted by Crippen LogP contribution is 2.51. The Morgan fingerprint density at radius 1 is 1.32 bits per heavy atom. The molecule has 114 valence electrons. The molecular formula is C13H13FN6S2. The highest BCUT2D eigenvalue weighted by Gasteiger charge is 2.52. The van der Waals surface area contributed by atoms with Gasteiger partial charge in [-0.3, -0.25) is 9.98 Å². The SMILES string of the molecule is NC1=NCC2CN(c3ncc(F)cn3)CC2(c2cncs2)S1. The van der Waals surface area contributed by atoms with Crippen LogP contribution in [0.25, 0.3) is 0 Å². The number of fused-ring (bicyclic) bond motifs is 1. The lowest BCUT2D eigenvalue weighted by Gasteiger charge is -2.34. The van der Waals surface area contributed by atoms with Crippen molar-refractivity contribution in [1.82, 2.24) is 15.0 Å². The van der Waals surface area contributed by atoms with Crippen molar-refractivity contribution in [1.29, 1.82) is 0 Å². The van der Waals surface area contributed by atoms with E-state index in [4.69, 9.17) is 5.73 Å². The number of nitrogens with two attached hydrogens (primary N) is 1. The van der Waals surface area contributed by atoms with Gasteiger partial charge in [0.2, 0.25) is 5.95 Å². The number of anilines is 1. The van der Waals surface area contributed by atoms with Gasteiger partial charge in [-0.25, -0.2) is 14.4 Å². The molecule has 2 aromatic heterocycles. The Morgan fingerprint density at radius 2 is 2.14 bits per heavy atom. The van der Waals surface area contributed by atoms with Gasteiger partial charge in [0.05, 0.1) is 22.7 Å². The van der Waals surface area contributed by atoms with Crippen molar-refractivity contribution < 1.29 is 4.39 Å². The second-order valence-electron chi connectivity index (χ2n) is 5.31. The Kier molecular flexibility index (Phi) is 3.26. The van der Waals surface area contributed by atoms with Crippen LogP contribution in [0.3, 0.4) is 0 Å². The van der Waals surface area contributed by atoms with Crippen molar-refractivity contribution in [2.24, 2.45) is 16.6 Å². The standard InChI is InChI=1S/C13H13FN6S2/c14-9-2-18-12(19-3-9)20-5-8-1-17-11(15)22-13(8,6-20)10-4-16-7-21-10/h2-4,7-8H,1,5-6H2,(H2,15,17). The maximum absolute atomic E-state index is 13.0. The van der Waals surface area contributed by atoms with Crippen molar-refractivity contribution in [3.8, 4) is 0 Å². The highest BCUT2D eigenvalue weighted by atomic mass is 32.2. The summed E-state index contributed by atoms with van der Waals surface area (Å²) < 4.78 is 12.9. The van der Waals surface area contributed by atoms with E-state index in [2.05, 4.69) is 24.8 Å². The van der Waals surface area contributed by atoms with Crippen LogP contribution in [-0.2, 0) is 4.75 Å². The first-order valence-electron chi connectivity index (χ1n) is 6.78. The molecule has 1 fully saturated rings. The number of rotatable bonds is 2. The first-order chi connectivity index (χ1) is 10.7. The van der Waals surface area contributed by atoms with E-state index in [1.807, 2.05) is 11.7 Å². The number of aromatic nitrogens is 3. The number of aliphatic imine (C=N–C) groups is 1. The molecular weight excluding hydrogens is 323 g/mol. The topological polar surface area (TPSA) is 80.3 Å². The Balaban J connectivity index is 1.71. The molecule has 4 heterocycles. The van der Waals surface area contributed by atoms with Gasteiger partial charge in [-0.05, 0) is 0 Å². The molecule has 2 unspecified atom stereocenters. The summed E-state index contributed by atoms with van der Waals surface area (Å²) in [5.74, 6) is 0.414. The largest absolute Gasteiger partial charge is 0.379 e. The van der Waals surface area contributed by atoms with Gasteiger partial charge in [0.1, 0.15) is 0 Å². The van der Waals surface area contributed by atoms with Crippen LogP contribution in [0.5, 0.6) is 0 Å². The Labute approximate surface area is 134 Å². The summed E-state index contributed by atoms with van der Waals surface area (Å²) in [4.78, 5) is 20.1. The van der Waals surface area contributed by atoms with Gasteiger partial charge >= 0.3 is 0 Å². The van der Waals surface area contributed by atoms with E-state index in [1.54, 1.807) is 23.1 Å².